The number of fused-ring (bicyclic) bond motifs is 6. The molecule has 14 aromatic rings. The minimum absolute atomic E-state index is 0.561. The molecule has 0 saturated heterocycles. The molecule has 2 aliphatic rings. The van der Waals surface area contributed by atoms with Crippen LogP contribution in [0.1, 0.15) is 105 Å². The van der Waals surface area contributed by atoms with Gasteiger partial charge in [-0.15, -0.1) is 0 Å². The Bertz CT molecular complexity index is 4650. The molecule has 0 unspecified atom stereocenters. The number of anilines is 6. The van der Waals surface area contributed by atoms with Gasteiger partial charge in [0.05, 0.1) is 33.6 Å². The van der Waals surface area contributed by atoms with E-state index in [0.29, 0.717) is 0 Å². The van der Waals surface area contributed by atoms with Crippen LogP contribution >= 0.6 is 0 Å². The standard InChI is InChI=1S/C88H72N2/c1-7-27-61-53-81(89(85-57(3)29-23-30-58(85)4)67-39-25-37-65(55-67)87(63-33-11-9-12-34-63)77-45-19-15-41-71(77)72-42-16-20-46-78(72)87)75-52-50-70-62(28-8-2)54-82(76-51-49-69(61)83(75)84(70)76)90(86-59(5)31-24-32-60(86)6)68-40-26-38-66(56-68)88(64-35-13-10-14-36-64)79-47-21-17-43-73(79)74-44-18-22-48-80(74)88/h9-26,29-56H,7-8,27-28H2,1-6H3. The second-order valence-electron chi connectivity index (χ2n) is 25.3. The van der Waals surface area contributed by atoms with Crippen LogP contribution in [0.2, 0.25) is 0 Å². The molecule has 2 nitrogen and oxygen atoms in total. The van der Waals surface area contributed by atoms with Gasteiger partial charge in [-0.05, 0) is 199 Å². The largest absolute Gasteiger partial charge is 0.309 e. The Morgan fingerprint density at radius 3 is 0.922 bits per heavy atom. The lowest BCUT2D eigenvalue weighted by Gasteiger charge is -2.36. The normalized spacial score (nSPS) is 13.4. The van der Waals surface area contributed by atoms with Gasteiger partial charge in [0.2, 0.25) is 0 Å². The second-order valence-corrected chi connectivity index (χ2v) is 25.3. The van der Waals surface area contributed by atoms with Gasteiger partial charge in [0, 0.05) is 22.1 Å². The molecule has 0 N–H and O–H groups in total. The minimum atomic E-state index is -0.561. The van der Waals surface area contributed by atoms with E-state index >= 15 is 0 Å². The van der Waals surface area contributed by atoms with Crippen LogP contribution in [0.3, 0.4) is 0 Å². The molecule has 0 bridgehead atoms. The third kappa shape index (κ3) is 8.10. The molecule has 0 heterocycles. The quantitative estimate of drug-likeness (QED) is 0.100. The smallest absolute Gasteiger partial charge is 0.0714 e. The van der Waals surface area contributed by atoms with Crippen molar-refractivity contribution < 1.29 is 0 Å². The molecule has 16 rings (SSSR count). The predicted molar refractivity (Wildman–Crippen MR) is 381 cm³/mol. The van der Waals surface area contributed by atoms with Crippen LogP contribution in [-0.2, 0) is 23.7 Å². The Kier molecular flexibility index (Phi) is 13.3. The van der Waals surface area contributed by atoms with Crippen molar-refractivity contribution in [3.8, 4) is 22.3 Å². The van der Waals surface area contributed by atoms with E-state index in [1.807, 2.05) is 0 Å². The fourth-order valence-electron chi connectivity index (χ4n) is 16.7. The highest BCUT2D eigenvalue weighted by Crippen LogP contribution is 2.60. The molecular formula is C88H72N2. The molecule has 0 fully saturated rings. The predicted octanol–water partition coefficient (Wildman–Crippen LogP) is 23.4. The van der Waals surface area contributed by atoms with Crippen molar-refractivity contribution in [3.05, 3.63) is 357 Å². The second kappa shape index (κ2) is 21.8. The zero-order valence-corrected chi connectivity index (χ0v) is 52.3. The van der Waals surface area contributed by atoms with Crippen LogP contribution in [0, 0.1) is 27.7 Å². The van der Waals surface area contributed by atoms with Gasteiger partial charge in [-0.3, -0.25) is 0 Å². The van der Waals surface area contributed by atoms with Crippen molar-refractivity contribution >= 4 is 66.4 Å². The monoisotopic (exact) mass is 1160 g/mol. The molecule has 0 spiro atoms. The van der Waals surface area contributed by atoms with E-state index in [1.165, 1.54) is 155 Å². The topological polar surface area (TPSA) is 6.48 Å². The van der Waals surface area contributed by atoms with Crippen molar-refractivity contribution in [3.63, 3.8) is 0 Å². The SMILES string of the molecule is CCCc1cc(N(c2cccc(C3(c4ccccc4)c4ccccc4-c4ccccc43)c2)c2c(C)cccc2C)c2ccc3c(CCC)cc(N(c4cccc(C5(c6ccccc6)c6ccccc6-c6ccccc65)c4)c4c(C)cccc4C)c4ccc1c2c34. The van der Waals surface area contributed by atoms with Crippen LogP contribution in [0.4, 0.5) is 34.1 Å². The van der Waals surface area contributed by atoms with Crippen molar-refractivity contribution in [1.82, 2.24) is 0 Å². The molecule has 14 aromatic carbocycles. The maximum Gasteiger partial charge on any atom is 0.0714 e. The number of benzene rings is 14. The summed E-state index contributed by atoms with van der Waals surface area (Å²) in [4.78, 5) is 5.27. The summed E-state index contributed by atoms with van der Waals surface area (Å²) in [6.45, 7) is 13.9. The summed E-state index contributed by atoms with van der Waals surface area (Å²) >= 11 is 0. The lowest BCUT2D eigenvalue weighted by Crippen LogP contribution is -2.29. The molecule has 90 heavy (non-hydrogen) atoms. The Morgan fingerprint density at radius 2 is 0.578 bits per heavy atom. The zero-order valence-electron chi connectivity index (χ0n) is 52.3. The molecule has 0 aromatic heterocycles. The highest BCUT2D eigenvalue weighted by atomic mass is 15.2. The first-order valence-corrected chi connectivity index (χ1v) is 32.5. The average Bonchev–Trinajstić information content (AvgIpc) is 1.37. The van der Waals surface area contributed by atoms with Crippen LogP contribution in [0.5, 0.6) is 0 Å². The van der Waals surface area contributed by atoms with Crippen molar-refractivity contribution in [1.29, 1.82) is 0 Å². The fraction of sp³-hybridized carbons (Fsp3) is 0.136. The van der Waals surface area contributed by atoms with Gasteiger partial charge in [-0.25, -0.2) is 0 Å². The van der Waals surface area contributed by atoms with E-state index in [-0.39, 0.29) is 0 Å². The summed E-state index contributed by atoms with van der Waals surface area (Å²) < 4.78 is 0. The van der Waals surface area contributed by atoms with Gasteiger partial charge in [0.1, 0.15) is 0 Å². The molecule has 0 atom stereocenters. The summed E-state index contributed by atoms with van der Waals surface area (Å²) in [6.07, 6.45) is 3.92. The third-order valence-corrected chi connectivity index (χ3v) is 20.3. The van der Waals surface area contributed by atoms with Gasteiger partial charge in [-0.1, -0.05) is 269 Å². The average molecular weight is 1160 g/mol. The highest BCUT2D eigenvalue weighted by molar-refractivity contribution is 6.29. The molecule has 0 aliphatic heterocycles. The number of hydrogen-bond acceptors (Lipinski definition) is 2. The molecule has 434 valence electrons. The van der Waals surface area contributed by atoms with Crippen LogP contribution < -0.4 is 9.80 Å². The summed E-state index contributed by atoms with van der Waals surface area (Å²) in [5.74, 6) is 0. The molecule has 2 heteroatoms. The van der Waals surface area contributed by atoms with E-state index in [1.54, 1.807) is 0 Å². The third-order valence-electron chi connectivity index (χ3n) is 20.3. The number of para-hydroxylation sites is 2. The molecule has 0 saturated carbocycles. The first-order chi connectivity index (χ1) is 44.2. The fourth-order valence-corrected chi connectivity index (χ4v) is 16.7. The molecule has 0 amide bonds. The van der Waals surface area contributed by atoms with E-state index in [0.717, 1.165) is 37.1 Å². The first kappa shape index (κ1) is 55.1. The molecular weight excluding hydrogens is 1080 g/mol. The number of rotatable bonds is 14. The number of hydrogen-bond donors (Lipinski definition) is 0. The number of aryl methyl sites for hydroxylation is 6. The Labute approximate surface area is 530 Å². The zero-order chi connectivity index (χ0) is 60.8. The van der Waals surface area contributed by atoms with E-state index in [2.05, 4.69) is 330 Å². The van der Waals surface area contributed by atoms with Crippen molar-refractivity contribution in [2.75, 3.05) is 9.80 Å². The maximum absolute atomic E-state index is 2.63. The van der Waals surface area contributed by atoms with Gasteiger partial charge in [-0.2, -0.15) is 0 Å². The summed E-state index contributed by atoms with van der Waals surface area (Å²) in [5.41, 5.74) is 29.0. The van der Waals surface area contributed by atoms with Gasteiger partial charge >= 0.3 is 0 Å². The van der Waals surface area contributed by atoms with Gasteiger partial charge in [0.15, 0.2) is 0 Å². The summed E-state index contributed by atoms with van der Waals surface area (Å²) in [5, 5.41) is 7.80. The van der Waals surface area contributed by atoms with Gasteiger partial charge in [0.25, 0.3) is 0 Å². The lowest BCUT2D eigenvalue weighted by atomic mass is 9.67. The van der Waals surface area contributed by atoms with Crippen LogP contribution in [0.25, 0.3) is 54.6 Å². The van der Waals surface area contributed by atoms with E-state index in [9.17, 15) is 0 Å². The lowest BCUT2D eigenvalue weighted by molar-refractivity contribution is 0.768. The van der Waals surface area contributed by atoms with Crippen molar-refractivity contribution in [2.24, 2.45) is 0 Å². The van der Waals surface area contributed by atoms with Gasteiger partial charge < -0.3 is 9.80 Å². The molecule has 2 aliphatic carbocycles. The Morgan fingerprint density at radius 1 is 0.278 bits per heavy atom. The van der Waals surface area contributed by atoms with E-state index < -0.39 is 10.8 Å². The van der Waals surface area contributed by atoms with Crippen LogP contribution in [0.15, 0.2) is 279 Å². The minimum Gasteiger partial charge on any atom is -0.309 e. The summed E-state index contributed by atoms with van der Waals surface area (Å²) in [7, 11) is 0. The highest BCUT2D eigenvalue weighted by Gasteiger charge is 2.48. The molecule has 0 radical (unpaired) electrons. The van der Waals surface area contributed by atoms with Crippen molar-refractivity contribution in [2.45, 2.75) is 78.1 Å². The first-order valence-electron chi connectivity index (χ1n) is 32.5. The Balaban J connectivity index is 0.974. The van der Waals surface area contributed by atoms with Crippen LogP contribution in [-0.4, -0.2) is 0 Å². The Hall–Kier alpha value is -10.3. The summed E-state index contributed by atoms with van der Waals surface area (Å²) in [6, 6.07) is 107. The van der Waals surface area contributed by atoms with E-state index in [4.69, 9.17) is 0 Å². The maximum atomic E-state index is 2.63. The number of nitrogens with zero attached hydrogens (tertiary/aromatic N) is 2.